The summed E-state index contributed by atoms with van der Waals surface area (Å²) < 4.78 is 0. The molecular weight excluding hydrogens is 220 g/mol. The SMILES string of the molecule is CN1CCC(CN(C)C(=O)c2nn[nH]n2)CC1. The second kappa shape index (κ2) is 5.22. The van der Waals surface area contributed by atoms with Crippen LogP contribution in [-0.2, 0) is 0 Å². The van der Waals surface area contributed by atoms with Crippen LogP contribution in [0.1, 0.15) is 23.5 Å². The summed E-state index contributed by atoms with van der Waals surface area (Å²) in [7, 11) is 3.92. The first-order valence-corrected chi connectivity index (χ1v) is 5.84. The number of aromatic amines is 1. The third-order valence-electron chi connectivity index (χ3n) is 3.25. The van der Waals surface area contributed by atoms with Crippen molar-refractivity contribution in [3.63, 3.8) is 0 Å². The van der Waals surface area contributed by atoms with Gasteiger partial charge >= 0.3 is 0 Å². The Morgan fingerprint density at radius 3 is 2.82 bits per heavy atom. The molecule has 0 bridgehead atoms. The van der Waals surface area contributed by atoms with Gasteiger partial charge in [-0.25, -0.2) is 0 Å². The van der Waals surface area contributed by atoms with Gasteiger partial charge in [0, 0.05) is 13.6 Å². The van der Waals surface area contributed by atoms with Gasteiger partial charge in [0.2, 0.25) is 0 Å². The number of tetrazole rings is 1. The molecule has 0 aliphatic carbocycles. The number of amides is 1. The number of nitrogens with one attached hydrogen (secondary N) is 1. The molecule has 0 saturated carbocycles. The number of H-pyrrole nitrogens is 1. The molecule has 17 heavy (non-hydrogen) atoms. The highest BCUT2D eigenvalue weighted by Crippen LogP contribution is 2.17. The monoisotopic (exact) mass is 238 g/mol. The Labute approximate surface area is 100 Å². The molecule has 1 aromatic heterocycles. The fourth-order valence-electron chi connectivity index (χ4n) is 2.14. The Kier molecular flexibility index (Phi) is 3.68. The summed E-state index contributed by atoms with van der Waals surface area (Å²) >= 11 is 0. The first-order chi connectivity index (χ1) is 8.16. The summed E-state index contributed by atoms with van der Waals surface area (Å²) in [5, 5.41) is 13.1. The third-order valence-corrected chi connectivity index (χ3v) is 3.25. The second-order valence-corrected chi connectivity index (χ2v) is 4.67. The largest absolute Gasteiger partial charge is 0.339 e. The lowest BCUT2D eigenvalue weighted by Gasteiger charge is -2.31. The lowest BCUT2D eigenvalue weighted by molar-refractivity contribution is 0.0735. The normalized spacial score (nSPS) is 18.2. The number of nitrogens with zero attached hydrogens (tertiary/aromatic N) is 5. The molecule has 0 atom stereocenters. The van der Waals surface area contributed by atoms with E-state index >= 15 is 0 Å². The number of aromatic nitrogens is 4. The van der Waals surface area contributed by atoms with Crippen LogP contribution >= 0.6 is 0 Å². The molecule has 1 aromatic rings. The van der Waals surface area contributed by atoms with Gasteiger partial charge in [0.15, 0.2) is 0 Å². The van der Waals surface area contributed by atoms with Crippen molar-refractivity contribution in [2.75, 3.05) is 33.7 Å². The minimum absolute atomic E-state index is 0.139. The van der Waals surface area contributed by atoms with Crippen LogP contribution < -0.4 is 0 Å². The smallest absolute Gasteiger partial charge is 0.295 e. The Morgan fingerprint density at radius 1 is 1.53 bits per heavy atom. The van der Waals surface area contributed by atoms with E-state index in [0.717, 1.165) is 32.5 Å². The van der Waals surface area contributed by atoms with E-state index in [1.807, 2.05) is 0 Å². The number of likely N-dealkylation sites (tertiary alicyclic amines) is 1. The average Bonchev–Trinajstić information content (AvgIpc) is 2.84. The van der Waals surface area contributed by atoms with Crippen molar-refractivity contribution in [2.45, 2.75) is 12.8 Å². The summed E-state index contributed by atoms with van der Waals surface area (Å²) in [6.45, 7) is 2.98. The van der Waals surface area contributed by atoms with Crippen molar-refractivity contribution in [3.8, 4) is 0 Å². The fraction of sp³-hybridized carbons (Fsp3) is 0.800. The van der Waals surface area contributed by atoms with Crippen molar-refractivity contribution in [1.82, 2.24) is 30.4 Å². The molecule has 1 amide bonds. The molecule has 0 spiro atoms. The fourth-order valence-corrected chi connectivity index (χ4v) is 2.14. The van der Waals surface area contributed by atoms with E-state index in [1.165, 1.54) is 0 Å². The molecule has 94 valence electrons. The maximum absolute atomic E-state index is 11.9. The number of carbonyl (C=O) groups is 1. The van der Waals surface area contributed by atoms with Crippen LogP contribution in [-0.4, -0.2) is 70.1 Å². The van der Waals surface area contributed by atoms with Gasteiger partial charge in [-0.05, 0) is 44.1 Å². The molecule has 0 radical (unpaired) electrons. The van der Waals surface area contributed by atoms with Gasteiger partial charge < -0.3 is 9.80 Å². The summed E-state index contributed by atoms with van der Waals surface area (Å²) in [6.07, 6.45) is 2.28. The highest BCUT2D eigenvalue weighted by Gasteiger charge is 2.22. The lowest BCUT2D eigenvalue weighted by atomic mass is 9.97. The van der Waals surface area contributed by atoms with Gasteiger partial charge in [0.1, 0.15) is 0 Å². The zero-order valence-electron chi connectivity index (χ0n) is 10.3. The van der Waals surface area contributed by atoms with Crippen LogP contribution in [0.4, 0.5) is 0 Å². The Bertz CT molecular complexity index is 357. The summed E-state index contributed by atoms with van der Waals surface area (Å²) in [6, 6.07) is 0. The molecule has 0 aromatic carbocycles. The van der Waals surface area contributed by atoms with Crippen LogP contribution in [0.15, 0.2) is 0 Å². The quantitative estimate of drug-likeness (QED) is 0.776. The van der Waals surface area contributed by atoms with E-state index in [9.17, 15) is 4.79 Å². The zero-order chi connectivity index (χ0) is 12.3. The van der Waals surface area contributed by atoms with Crippen molar-refractivity contribution in [1.29, 1.82) is 0 Å². The topological polar surface area (TPSA) is 78.0 Å². The van der Waals surface area contributed by atoms with Crippen molar-refractivity contribution >= 4 is 5.91 Å². The van der Waals surface area contributed by atoms with E-state index in [2.05, 4.69) is 32.6 Å². The zero-order valence-corrected chi connectivity index (χ0v) is 10.3. The molecule has 0 unspecified atom stereocenters. The van der Waals surface area contributed by atoms with Gasteiger partial charge in [-0.1, -0.05) is 0 Å². The summed E-state index contributed by atoms with van der Waals surface area (Å²) in [4.78, 5) is 15.9. The van der Waals surface area contributed by atoms with Crippen molar-refractivity contribution in [2.24, 2.45) is 5.92 Å². The third kappa shape index (κ3) is 3.00. The molecule has 1 aliphatic heterocycles. The van der Waals surface area contributed by atoms with E-state index in [1.54, 1.807) is 11.9 Å². The predicted octanol–water partition coefficient (Wildman–Crippen LogP) is -0.386. The predicted molar refractivity (Wildman–Crippen MR) is 61.4 cm³/mol. The molecule has 2 heterocycles. The number of hydrogen-bond acceptors (Lipinski definition) is 5. The van der Waals surface area contributed by atoms with Crippen LogP contribution in [0.5, 0.6) is 0 Å². The van der Waals surface area contributed by atoms with E-state index in [0.29, 0.717) is 5.92 Å². The standard InChI is InChI=1S/C10H18N6O/c1-15-5-3-8(4-6-15)7-16(2)10(17)9-11-13-14-12-9/h8H,3-7H2,1-2H3,(H,11,12,13,14). The molecule has 1 aliphatic rings. The van der Waals surface area contributed by atoms with Gasteiger partial charge in [-0.2, -0.15) is 5.21 Å². The highest BCUT2D eigenvalue weighted by atomic mass is 16.2. The van der Waals surface area contributed by atoms with Crippen molar-refractivity contribution < 1.29 is 4.79 Å². The molecular formula is C10H18N6O. The molecule has 1 fully saturated rings. The van der Waals surface area contributed by atoms with Crippen LogP contribution in [0, 0.1) is 5.92 Å². The summed E-state index contributed by atoms with van der Waals surface area (Å²) in [5.74, 6) is 0.546. The van der Waals surface area contributed by atoms with Gasteiger partial charge in [-0.15, -0.1) is 10.2 Å². The molecule has 1 saturated heterocycles. The van der Waals surface area contributed by atoms with Crippen LogP contribution in [0.3, 0.4) is 0 Å². The number of hydrogen-bond donors (Lipinski definition) is 1. The number of carbonyl (C=O) groups excluding carboxylic acids is 1. The minimum Gasteiger partial charge on any atom is -0.339 e. The van der Waals surface area contributed by atoms with Gasteiger partial charge in [0.25, 0.3) is 11.7 Å². The van der Waals surface area contributed by atoms with Crippen molar-refractivity contribution in [3.05, 3.63) is 5.82 Å². The van der Waals surface area contributed by atoms with Crippen LogP contribution in [0.25, 0.3) is 0 Å². The Hall–Kier alpha value is -1.50. The molecule has 7 heteroatoms. The number of piperidine rings is 1. The molecule has 7 nitrogen and oxygen atoms in total. The lowest BCUT2D eigenvalue weighted by Crippen LogP contribution is -2.38. The van der Waals surface area contributed by atoms with Crippen LogP contribution in [0.2, 0.25) is 0 Å². The molecule has 2 rings (SSSR count). The average molecular weight is 238 g/mol. The van der Waals surface area contributed by atoms with E-state index in [-0.39, 0.29) is 11.7 Å². The Balaban J connectivity index is 1.85. The maximum atomic E-state index is 11.9. The first-order valence-electron chi connectivity index (χ1n) is 5.84. The highest BCUT2D eigenvalue weighted by molar-refractivity contribution is 5.89. The van der Waals surface area contributed by atoms with E-state index < -0.39 is 0 Å². The summed E-state index contributed by atoms with van der Waals surface area (Å²) in [5.41, 5.74) is 0. The Morgan fingerprint density at radius 2 is 2.24 bits per heavy atom. The maximum Gasteiger partial charge on any atom is 0.295 e. The van der Waals surface area contributed by atoms with Gasteiger partial charge in [0.05, 0.1) is 0 Å². The first kappa shape index (κ1) is 12.0. The molecule has 1 N–H and O–H groups in total. The minimum atomic E-state index is -0.169. The number of rotatable bonds is 3. The van der Waals surface area contributed by atoms with E-state index in [4.69, 9.17) is 0 Å². The van der Waals surface area contributed by atoms with Gasteiger partial charge in [-0.3, -0.25) is 4.79 Å². The second-order valence-electron chi connectivity index (χ2n) is 4.67.